The second-order valence-corrected chi connectivity index (χ2v) is 13.6. The number of nitrogens with zero attached hydrogens (tertiary/aromatic N) is 4. The molecular formula is C36H48N8O12. The van der Waals surface area contributed by atoms with Crippen LogP contribution in [0.3, 0.4) is 0 Å². The van der Waals surface area contributed by atoms with Crippen LogP contribution in [0.2, 0.25) is 0 Å². The van der Waals surface area contributed by atoms with E-state index in [0.29, 0.717) is 45.0 Å². The third-order valence-corrected chi connectivity index (χ3v) is 8.61. The summed E-state index contributed by atoms with van der Waals surface area (Å²) in [6, 6.07) is 6.36. The van der Waals surface area contributed by atoms with Crippen LogP contribution >= 0.6 is 0 Å². The minimum absolute atomic E-state index is 0.0847. The van der Waals surface area contributed by atoms with Crippen LogP contribution in [0, 0.1) is 27.7 Å². The molecule has 20 heteroatoms. The summed E-state index contributed by atoms with van der Waals surface area (Å²) >= 11 is 0. The molecule has 0 spiro atoms. The molecule has 0 fully saturated rings. The lowest BCUT2D eigenvalue weighted by molar-refractivity contribution is -0.140. The van der Waals surface area contributed by atoms with Gasteiger partial charge in [-0.2, -0.15) is 0 Å². The van der Waals surface area contributed by atoms with E-state index in [2.05, 4.69) is 21.3 Å². The summed E-state index contributed by atoms with van der Waals surface area (Å²) in [5.74, 6) is -7.24. The number of rotatable bonds is 8. The minimum Gasteiger partial charge on any atom is -0.480 e. The van der Waals surface area contributed by atoms with Gasteiger partial charge in [-0.05, 0) is 74.2 Å². The number of carbonyl (C=O) groups is 8. The van der Waals surface area contributed by atoms with Crippen molar-refractivity contribution in [1.82, 2.24) is 19.6 Å². The number of anilines is 4. The standard InChI is InChI=1S/C36H48N8O12/c1-21-9-26-22(2)10-25(21)37-29(45)13-41(17-33(49)50)5-6-43(19-35(53)54)15-31(47)39-27-11-24(4)28(12-23(27)3)40-32(48)16-44(20-36(55)56)8-7-42(18-34(51)52)14-30(46)38-26/h9-12H,5-8,13-20H2,1-4H3,(H,37,45)(H,38,46)(H,39,47)(H,40,48)(H,49,50)(H,51,52)(H,53,54)(H,55,56). The van der Waals surface area contributed by atoms with Crippen LogP contribution in [-0.2, 0) is 38.4 Å². The van der Waals surface area contributed by atoms with E-state index < -0.39 is 73.7 Å². The van der Waals surface area contributed by atoms with Crippen molar-refractivity contribution in [2.24, 2.45) is 0 Å². The number of carboxylic acid groups (broad SMARTS) is 4. The maximum absolute atomic E-state index is 13.1. The zero-order valence-electron chi connectivity index (χ0n) is 31.6. The Morgan fingerprint density at radius 2 is 0.607 bits per heavy atom. The van der Waals surface area contributed by atoms with Gasteiger partial charge >= 0.3 is 23.9 Å². The number of nitrogens with one attached hydrogen (secondary N) is 4. The van der Waals surface area contributed by atoms with Gasteiger partial charge in [-0.15, -0.1) is 0 Å². The predicted molar refractivity (Wildman–Crippen MR) is 203 cm³/mol. The first-order valence-corrected chi connectivity index (χ1v) is 17.5. The molecule has 6 rings (SSSR count). The summed E-state index contributed by atoms with van der Waals surface area (Å²) in [4.78, 5) is 104. The second-order valence-electron chi connectivity index (χ2n) is 13.6. The number of hydrogen-bond acceptors (Lipinski definition) is 12. The van der Waals surface area contributed by atoms with Crippen LogP contribution in [0.5, 0.6) is 0 Å². The highest BCUT2D eigenvalue weighted by atomic mass is 16.4. The fraction of sp³-hybridized carbons (Fsp3) is 0.444. The van der Waals surface area contributed by atoms with E-state index in [-0.39, 0.29) is 52.4 Å². The highest BCUT2D eigenvalue weighted by molar-refractivity contribution is 5.97. The van der Waals surface area contributed by atoms with E-state index >= 15 is 0 Å². The third kappa shape index (κ3) is 15.1. The zero-order valence-corrected chi connectivity index (χ0v) is 31.6. The van der Waals surface area contributed by atoms with Crippen LogP contribution in [0.25, 0.3) is 0 Å². The Morgan fingerprint density at radius 1 is 0.429 bits per heavy atom. The molecule has 0 unspecified atom stereocenters. The fourth-order valence-electron chi connectivity index (χ4n) is 5.93. The first-order chi connectivity index (χ1) is 26.3. The van der Waals surface area contributed by atoms with Crippen molar-refractivity contribution in [2.45, 2.75) is 27.7 Å². The first kappa shape index (κ1) is 44.4. The average molecular weight is 785 g/mol. The molecule has 0 aromatic heterocycles. The van der Waals surface area contributed by atoms with Gasteiger partial charge < -0.3 is 41.7 Å². The van der Waals surface area contributed by atoms with Gasteiger partial charge in [0.25, 0.3) is 0 Å². The van der Waals surface area contributed by atoms with Gasteiger partial charge in [0.2, 0.25) is 23.6 Å². The number of benzene rings is 2. The van der Waals surface area contributed by atoms with Crippen molar-refractivity contribution >= 4 is 70.3 Å². The Bertz CT molecular complexity index is 1590. The number of aryl methyl sites for hydroxylation is 4. The largest absolute Gasteiger partial charge is 0.480 e. The molecule has 304 valence electrons. The number of aliphatic carboxylic acids is 4. The van der Waals surface area contributed by atoms with Gasteiger partial charge in [-0.1, -0.05) is 0 Å². The summed E-state index contributed by atoms with van der Waals surface area (Å²) in [6.07, 6.45) is 0. The normalized spacial score (nSPS) is 16.9. The summed E-state index contributed by atoms with van der Waals surface area (Å²) < 4.78 is 0. The summed E-state index contributed by atoms with van der Waals surface area (Å²) in [5.41, 5.74) is 3.58. The lowest BCUT2D eigenvalue weighted by atomic mass is 10.1. The second kappa shape index (κ2) is 20.6. The third-order valence-electron chi connectivity index (χ3n) is 8.61. The Morgan fingerprint density at radius 3 is 0.768 bits per heavy atom. The molecule has 0 saturated heterocycles. The molecule has 4 aliphatic heterocycles. The van der Waals surface area contributed by atoms with Crippen LogP contribution in [0.4, 0.5) is 22.7 Å². The van der Waals surface area contributed by atoms with Crippen molar-refractivity contribution in [3.05, 3.63) is 46.5 Å². The van der Waals surface area contributed by atoms with Crippen LogP contribution in [0.1, 0.15) is 22.3 Å². The van der Waals surface area contributed by atoms with Gasteiger partial charge in [0, 0.05) is 48.9 Å². The lowest BCUT2D eigenvalue weighted by Crippen LogP contribution is -2.45. The highest BCUT2D eigenvalue weighted by Gasteiger charge is 2.23. The molecule has 4 heterocycles. The van der Waals surface area contributed by atoms with Gasteiger partial charge in [0.15, 0.2) is 0 Å². The van der Waals surface area contributed by atoms with E-state index in [9.17, 15) is 58.8 Å². The predicted octanol–water partition coefficient (Wildman–Crippen LogP) is -0.0655. The first-order valence-electron chi connectivity index (χ1n) is 17.5. The molecule has 8 N–H and O–H groups in total. The monoisotopic (exact) mass is 784 g/mol. The molecule has 56 heavy (non-hydrogen) atoms. The summed E-state index contributed by atoms with van der Waals surface area (Å²) in [5, 5.41) is 49.0. The summed E-state index contributed by atoms with van der Waals surface area (Å²) in [7, 11) is 0. The molecule has 0 radical (unpaired) electrons. The number of carboxylic acids is 4. The van der Waals surface area contributed by atoms with Crippen molar-refractivity contribution in [3.63, 3.8) is 0 Å². The Hall–Kier alpha value is -5.96. The van der Waals surface area contributed by atoms with Crippen LogP contribution in [0.15, 0.2) is 24.3 Å². The number of hydrogen-bond donors (Lipinski definition) is 8. The van der Waals surface area contributed by atoms with E-state index in [1.54, 1.807) is 52.0 Å². The van der Waals surface area contributed by atoms with E-state index in [4.69, 9.17) is 0 Å². The van der Waals surface area contributed by atoms with Crippen molar-refractivity contribution in [2.75, 3.05) is 99.8 Å². The molecule has 4 bridgehead atoms. The smallest absolute Gasteiger partial charge is 0.317 e. The maximum atomic E-state index is 13.1. The molecule has 0 atom stereocenters. The molecule has 4 aliphatic rings. The maximum Gasteiger partial charge on any atom is 0.317 e. The van der Waals surface area contributed by atoms with Crippen LogP contribution in [-0.4, -0.2) is 166 Å². The van der Waals surface area contributed by atoms with Gasteiger partial charge in [-0.3, -0.25) is 58.0 Å². The molecule has 0 aliphatic carbocycles. The molecule has 20 nitrogen and oxygen atoms in total. The lowest BCUT2D eigenvalue weighted by Gasteiger charge is -2.26. The van der Waals surface area contributed by atoms with Crippen molar-refractivity contribution in [3.8, 4) is 0 Å². The van der Waals surface area contributed by atoms with Gasteiger partial charge in [0.05, 0.1) is 52.4 Å². The van der Waals surface area contributed by atoms with E-state index in [1.165, 1.54) is 19.6 Å². The Labute approximate surface area is 322 Å². The van der Waals surface area contributed by atoms with Crippen LogP contribution < -0.4 is 21.3 Å². The molecule has 4 amide bonds. The van der Waals surface area contributed by atoms with Crippen molar-refractivity contribution in [1.29, 1.82) is 0 Å². The van der Waals surface area contributed by atoms with E-state index in [0.717, 1.165) is 0 Å². The molecule has 0 saturated carbocycles. The SMILES string of the molecule is Cc1cc2c(C)cc1NC(=O)CN(CC(=O)O)CCN(CC(=O)O)CC(=O)Nc1cc(C)c(cc1C)NC(=O)CN(CC(=O)O)CCN(CC(=O)O)CC(=O)N2. The highest BCUT2D eigenvalue weighted by Crippen LogP contribution is 2.26. The fourth-order valence-corrected chi connectivity index (χ4v) is 5.93. The molecule has 2 aromatic carbocycles. The topological polar surface area (TPSA) is 279 Å². The Kier molecular flexibility index (Phi) is 16.4. The van der Waals surface area contributed by atoms with Crippen molar-refractivity contribution < 1.29 is 58.8 Å². The quantitative estimate of drug-likeness (QED) is 0.174. The number of amides is 4. The van der Waals surface area contributed by atoms with Gasteiger partial charge in [-0.25, -0.2) is 0 Å². The van der Waals surface area contributed by atoms with E-state index in [1.807, 2.05) is 0 Å². The zero-order chi connectivity index (χ0) is 41.7. The number of carbonyl (C=O) groups excluding carboxylic acids is 4. The molecule has 2 aromatic rings. The minimum atomic E-state index is -1.23. The van der Waals surface area contributed by atoms with Gasteiger partial charge in [0.1, 0.15) is 0 Å². The average Bonchev–Trinajstić information content (AvgIpc) is 3.05. The Balaban J connectivity index is 1.97. The summed E-state index contributed by atoms with van der Waals surface area (Å²) in [6.45, 7) is 2.54. The molecular weight excluding hydrogens is 736 g/mol.